The summed E-state index contributed by atoms with van der Waals surface area (Å²) in [7, 11) is 0. The topological polar surface area (TPSA) is 50.6 Å². The van der Waals surface area contributed by atoms with E-state index in [1.807, 2.05) is 23.1 Å². The molecule has 7 heteroatoms. The van der Waals surface area contributed by atoms with Crippen molar-refractivity contribution in [2.24, 2.45) is 5.92 Å². The van der Waals surface area contributed by atoms with Gasteiger partial charge in [-0.25, -0.2) is 4.68 Å². The fraction of sp³-hybridized carbons (Fsp3) is 0.500. The van der Waals surface area contributed by atoms with Crippen molar-refractivity contribution in [3.8, 4) is 5.75 Å². The van der Waals surface area contributed by atoms with Crippen molar-refractivity contribution in [3.63, 3.8) is 0 Å². The number of hydrogen-bond acceptors (Lipinski definition) is 4. The molecule has 2 aliphatic rings. The quantitative estimate of drug-likeness (QED) is 0.762. The summed E-state index contributed by atoms with van der Waals surface area (Å²) < 4.78 is 7.29. The normalized spacial score (nSPS) is 18.3. The van der Waals surface area contributed by atoms with Gasteiger partial charge >= 0.3 is 0 Å². The lowest BCUT2D eigenvalue weighted by molar-refractivity contribution is 0.0753. The standard InChI is InChI=1S/C20H25ClN4O2/c21-17-4-1-2-5-19(17)27-15-25-11-8-18(22-25)20(26)24-10-3-9-23(12-13-24)14-16-6-7-16/h1-2,4-5,8,11,16H,3,6-7,9-10,12-15H2. The van der Waals surface area contributed by atoms with Gasteiger partial charge in [-0.3, -0.25) is 4.79 Å². The predicted octanol–water partition coefficient (Wildman–Crippen LogP) is 3.13. The number of nitrogens with zero attached hydrogens (tertiary/aromatic N) is 4. The summed E-state index contributed by atoms with van der Waals surface area (Å²) in [5.74, 6) is 1.49. The van der Waals surface area contributed by atoms with Crippen molar-refractivity contribution < 1.29 is 9.53 Å². The molecular formula is C20H25ClN4O2. The van der Waals surface area contributed by atoms with Crippen molar-refractivity contribution in [2.75, 3.05) is 32.7 Å². The van der Waals surface area contributed by atoms with Gasteiger partial charge in [-0.05, 0) is 49.9 Å². The Hall–Kier alpha value is -2.05. The van der Waals surface area contributed by atoms with Crippen LogP contribution in [-0.2, 0) is 6.73 Å². The molecule has 2 aromatic rings. The maximum Gasteiger partial charge on any atom is 0.274 e. The van der Waals surface area contributed by atoms with Crippen LogP contribution >= 0.6 is 11.6 Å². The first-order valence-electron chi connectivity index (χ1n) is 9.61. The van der Waals surface area contributed by atoms with Crippen LogP contribution in [0.5, 0.6) is 5.75 Å². The van der Waals surface area contributed by atoms with Gasteiger partial charge in [0.05, 0.1) is 5.02 Å². The second kappa shape index (κ2) is 8.31. The van der Waals surface area contributed by atoms with E-state index in [2.05, 4.69) is 10.00 Å². The largest absolute Gasteiger partial charge is 0.470 e. The Morgan fingerprint density at radius 2 is 2.00 bits per heavy atom. The summed E-state index contributed by atoms with van der Waals surface area (Å²) in [5.41, 5.74) is 0.466. The van der Waals surface area contributed by atoms with E-state index in [-0.39, 0.29) is 12.6 Å². The van der Waals surface area contributed by atoms with E-state index in [0.29, 0.717) is 16.5 Å². The van der Waals surface area contributed by atoms with Crippen LogP contribution in [0.2, 0.25) is 5.02 Å². The third-order valence-corrected chi connectivity index (χ3v) is 5.45. The number of halogens is 1. The fourth-order valence-corrected chi connectivity index (χ4v) is 3.62. The maximum absolute atomic E-state index is 12.8. The summed E-state index contributed by atoms with van der Waals surface area (Å²) in [6.07, 6.45) is 5.52. The molecule has 144 valence electrons. The number of carbonyl (C=O) groups is 1. The van der Waals surface area contributed by atoms with Gasteiger partial charge in [-0.15, -0.1) is 0 Å². The van der Waals surface area contributed by atoms with E-state index in [1.165, 1.54) is 19.4 Å². The molecule has 1 aliphatic carbocycles. The van der Waals surface area contributed by atoms with Gasteiger partial charge in [0.25, 0.3) is 5.91 Å². The molecule has 6 nitrogen and oxygen atoms in total. The monoisotopic (exact) mass is 388 g/mol. The number of ether oxygens (including phenoxy) is 1. The molecule has 2 heterocycles. The third-order valence-electron chi connectivity index (χ3n) is 5.14. The predicted molar refractivity (Wildman–Crippen MR) is 104 cm³/mol. The molecular weight excluding hydrogens is 364 g/mol. The number of para-hydroxylation sites is 1. The number of rotatable bonds is 6. The molecule has 2 fully saturated rings. The molecule has 0 N–H and O–H groups in total. The van der Waals surface area contributed by atoms with Crippen LogP contribution < -0.4 is 4.74 Å². The van der Waals surface area contributed by atoms with Gasteiger partial charge in [0, 0.05) is 32.4 Å². The minimum absolute atomic E-state index is 0.000217. The molecule has 1 saturated heterocycles. The van der Waals surface area contributed by atoms with Gasteiger partial charge in [-0.1, -0.05) is 23.7 Å². The zero-order valence-electron chi connectivity index (χ0n) is 15.4. The number of amides is 1. The lowest BCUT2D eigenvalue weighted by Gasteiger charge is -2.21. The highest BCUT2D eigenvalue weighted by Crippen LogP contribution is 2.30. The molecule has 4 rings (SSSR count). The molecule has 27 heavy (non-hydrogen) atoms. The Morgan fingerprint density at radius 3 is 2.81 bits per heavy atom. The van der Waals surface area contributed by atoms with E-state index in [4.69, 9.17) is 16.3 Å². The summed E-state index contributed by atoms with van der Waals surface area (Å²) in [6.45, 7) is 5.01. The Bertz CT molecular complexity index is 790. The summed E-state index contributed by atoms with van der Waals surface area (Å²) in [5, 5.41) is 4.94. The van der Waals surface area contributed by atoms with Gasteiger partial charge < -0.3 is 14.5 Å². The van der Waals surface area contributed by atoms with Crippen molar-refractivity contribution >= 4 is 17.5 Å². The lowest BCUT2D eigenvalue weighted by Crippen LogP contribution is -2.36. The van der Waals surface area contributed by atoms with Crippen LogP contribution in [0.3, 0.4) is 0 Å². The highest BCUT2D eigenvalue weighted by atomic mass is 35.5. The van der Waals surface area contributed by atoms with E-state index < -0.39 is 0 Å². The molecule has 1 amide bonds. The average molecular weight is 389 g/mol. The van der Waals surface area contributed by atoms with Crippen molar-refractivity contribution in [3.05, 3.63) is 47.2 Å². The van der Waals surface area contributed by atoms with Crippen LogP contribution in [0.1, 0.15) is 29.8 Å². The smallest absolute Gasteiger partial charge is 0.274 e. The summed E-state index contributed by atoms with van der Waals surface area (Å²) >= 11 is 6.09. The SMILES string of the molecule is O=C(c1ccn(COc2ccccc2Cl)n1)N1CCCN(CC2CC2)CC1. The van der Waals surface area contributed by atoms with E-state index in [1.54, 1.807) is 23.0 Å². The molecule has 0 unspecified atom stereocenters. The van der Waals surface area contributed by atoms with Crippen molar-refractivity contribution in [1.82, 2.24) is 19.6 Å². The molecule has 1 saturated carbocycles. The van der Waals surface area contributed by atoms with E-state index in [9.17, 15) is 4.79 Å². The minimum atomic E-state index is -0.000217. The Balaban J connectivity index is 1.32. The van der Waals surface area contributed by atoms with Gasteiger partial charge in [0.1, 0.15) is 5.75 Å². The lowest BCUT2D eigenvalue weighted by atomic mass is 10.3. The first-order valence-corrected chi connectivity index (χ1v) is 9.99. The molecule has 0 radical (unpaired) electrons. The second-order valence-electron chi connectivity index (χ2n) is 7.33. The average Bonchev–Trinajstić information content (AvgIpc) is 3.42. The molecule has 0 bridgehead atoms. The highest BCUT2D eigenvalue weighted by Gasteiger charge is 2.27. The van der Waals surface area contributed by atoms with E-state index >= 15 is 0 Å². The van der Waals surface area contributed by atoms with Crippen LogP contribution in [0, 0.1) is 5.92 Å². The summed E-state index contributed by atoms with van der Waals surface area (Å²) in [4.78, 5) is 17.2. The maximum atomic E-state index is 12.8. The highest BCUT2D eigenvalue weighted by molar-refractivity contribution is 6.32. The first-order chi connectivity index (χ1) is 13.2. The number of aromatic nitrogens is 2. The minimum Gasteiger partial charge on any atom is -0.470 e. The van der Waals surface area contributed by atoms with Gasteiger partial charge in [-0.2, -0.15) is 5.10 Å². The third kappa shape index (κ3) is 4.82. The zero-order chi connectivity index (χ0) is 18.6. The van der Waals surface area contributed by atoms with E-state index in [0.717, 1.165) is 38.5 Å². The van der Waals surface area contributed by atoms with Crippen molar-refractivity contribution in [1.29, 1.82) is 0 Å². The molecule has 1 aromatic heterocycles. The molecule has 0 atom stereocenters. The second-order valence-corrected chi connectivity index (χ2v) is 7.74. The molecule has 1 aliphatic heterocycles. The van der Waals surface area contributed by atoms with Crippen LogP contribution in [0.25, 0.3) is 0 Å². The summed E-state index contributed by atoms with van der Waals surface area (Å²) in [6, 6.07) is 9.06. The van der Waals surface area contributed by atoms with Gasteiger partial charge in [0.2, 0.25) is 0 Å². The zero-order valence-corrected chi connectivity index (χ0v) is 16.1. The molecule has 1 aromatic carbocycles. The van der Waals surface area contributed by atoms with Crippen molar-refractivity contribution in [2.45, 2.75) is 26.0 Å². The molecule has 0 spiro atoms. The number of hydrogen-bond donors (Lipinski definition) is 0. The van der Waals surface area contributed by atoms with Gasteiger partial charge in [0.15, 0.2) is 12.4 Å². The Morgan fingerprint density at radius 1 is 1.15 bits per heavy atom. The fourth-order valence-electron chi connectivity index (χ4n) is 3.43. The van der Waals surface area contributed by atoms with Crippen LogP contribution in [-0.4, -0.2) is 58.2 Å². The number of benzene rings is 1. The first kappa shape index (κ1) is 18.3. The Kier molecular flexibility index (Phi) is 5.64. The number of carbonyl (C=O) groups excluding carboxylic acids is 1. The van der Waals surface area contributed by atoms with Crippen LogP contribution in [0.4, 0.5) is 0 Å². The van der Waals surface area contributed by atoms with Crippen LogP contribution in [0.15, 0.2) is 36.5 Å². The Labute approximate surface area is 164 Å².